The van der Waals surface area contributed by atoms with Gasteiger partial charge in [-0.05, 0) is 64.2 Å². The number of aliphatic hydroxyl groups excluding tert-OH is 7. The van der Waals surface area contributed by atoms with Crippen LogP contribution in [0.4, 0.5) is 0 Å². The van der Waals surface area contributed by atoms with Gasteiger partial charge in [0.2, 0.25) is 0 Å². The Morgan fingerprint density at radius 3 is 1.54 bits per heavy atom. The Labute approximate surface area is 365 Å². The lowest BCUT2D eigenvalue weighted by atomic mass is 9.85. The number of esters is 2. The van der Waals surface area contributed by atoms with Gasteiger partial charge < -0.3 is 50.1 Å². The van der Waals surface area contributed by atoms with E-state index >= 15 is 0 Å². The highest BCUT2D eigenvalue weighted by Gasteiger charge is 2.51. The zero-order valence-electron chi connectivity index (χ0n) is 37.2. The maximum atomic E-state index is 12.8. The molecule has 0 aromatic rings. The molecule has 0 aliphatic heterocycles. The van der Waals surface area contributed by atoms with E-state index in [1.165, 1.54) is 38.5 Å². The van der Waals surface area contributed by atoms with Crippen LogP contribution < -0.4 is 0 Å². The SMILES string of the molecule is CCCCCCCC/C=C\CCCCCCCC(=O)OCC(COP(=O)(O)OC1C(O)C(O)C(O)C(O)C1O)OC(=O)CCCCCCC/C=C\CC(O)C(O)CCCCC. The van der Waals surface area contributed by atoms with E-state index in [1.54, 1.807) is 0 Å². The fourth-order valence-electron chi connectivity index (χ4n) is 7.01. The first-order chi connectivity index (χ1) is 29.2. The second-order valence-corrected chi connectivity index (χ2v) is 18.0. The third-order valence-corrected chi connectivity index (χ3v) is 12.0. The molecule has 0 aromatic heterocycles. The first-order valence-electron chi connectivity index (χ1n) is 23.3. The highest BCUT2D eigenvalue weighted by atomic mass is 31.2. The molecule has 1 aliphatic rings. The van der Waals surface area contributed by atoms with Gasteiger partial charge in [-0.25, -0.2) is 4.57 Å². The van der Waals surface area contributed by atoms with E-state index in [9.17, 15) is 54.8 Å². The minimum atomic E-state index is -5.15. The molecule has 0 spiro atoms. The van der Waals surface area contributed by atoms with Crippen LogP contribution in [0.5, 0.6) is 0 Å². The standard InChI is InChI=1S/C45H83O15P/c1-3-5-7-8-9-10-11-12-13-14-15-16-20-23-27-31-38(48)57-33-35(34-58-61(55,56)60-45-43(53)41(51)40(50)42(52)44(45)54)59-39(49)32-28-24-21-18-17-19-22-26-30-37(47)36(46)29-25-6-4-2/h12-13,22,26,35-37,40-47,50-54H,3-11,14-21,23-25,27-34H2,1-2H3,(H,55,56)/b13-12-,26-22-. The van der Waals surface area contributed by atoms with Crippen molar-refractivity contribution in [1.82, 2.24) is 0 Å². The Balaban J connectivity index is 2.50. The molecule has 0 aromatic carbocycles. The molecule has 0 radical (unpaired) electrons. The van der Waals surface area contributed by atoms with Gasteiger partial charge in [-0.2, -0.15) is 0 Å². The van der Waals surface area contributed by atoms with Crippen LogP contribution in [-0.2, 0) is 32.7 Å². The highest BCUT2D eigenvalue weighted by Crippen LogP contribution is 2.47. The van der Waals surface area contributed by atoms with Crippen LogP contribution in [0.25, 0.3) is 0 Å². The molecule has 8 N–H and O–H groups in total. The number of allylic oxidation sites excluding steroid dienone is 3. The molecular weight excluding hydrogens is 811 g/mol. The van der Waals surface area contributed by atoms with Crippen LogP contribution in [0.2, 0.25) is 0 Å². The van der Waals surface area contributed by atoms with Gasteiger partial charge in [0.1, 0.15) is 43.2 Å². The van der Waals surface area contributed by atoms with Crippen LogP contribution >= 0.6 is 7.82 Å². The molecule has 8 unspecified atom stereocenters. The topological polar surface area (TPSA) is 250 Å². The van der Waals surface area contributed by atoms with Crippen molar-refractivity contribution < 1.29 is 73.3 Å². The largest absolute Gasteiger partial charge is 0.472 e. The molecule has 16 heteroatoms. The number of carbonyl (C=O) groups is 2. The fraction of sp³-hybridized carbons (Fsp3) is 0.867. The number of aliphatic hydroxyl groups is 7. The number of carbonyl (C=O) groups excluding carboxylic acids is 2. The van der Waals surface area contributed by atoms with Crippen LogP contribution in [0.1, 0.15) is 181 Å². The Hall–Kier alpha value is -1.75. The van der Waals surface area contributed by atoms with E-state index in [1.807, 2.05) is 12.2 Å². The lowest BCUT2D eigenvalue weighted by molar-refractivity contribution is -0.220. The van der Waals surface area contributed by atoms with Gasteiger partial charge in [-0.1, -0.05) is 128 Å². The quantitative estimate of drug-likeness (QED) is 0.0138. The summed E-state index contributed by atoms with van der Waals surface area (Å²) < 4.78 is 33.4. The molecule has 61 heavy (non-hydrogen) atoms. The summed E-state index contributed by atoms with van der Waals surface area (Å²) >= 11 is 0. The minimum absolute atomic E-state index is 0.0313. The molecule has 0 saturated heterocycles. The van der Waals surface area contributed by atoms with Gasteiger partial charge in [-0.3, -0.25) is 18.6 Å². The maximum absolute atomic E-state index is 12.8. The number of unbranched alkanes of at least 4 members (excludes halogenated alkanes) is 18. The van der Waals surface area contributed by atoms with Crippen molar-refractivity contribution in [2.24, 2.45) is 0 Å². The molecule has 1 saturated carbocycles. The van der Waals surface area contributed by atoms with Gasteiger partial charge in [-0.15, -0.1) is 0 Å². The Morgan fingerprint density at radius 2 is 1.00 bits per heavy atom. The third-order valence-electron chi connectivity index (χ3n) is 11.0. The molecule has 15 nitrogen and oxygen atoms in total. The first kappa shape index (κ1) is 57.3. The molecule has 1 fully saturated rings. The summed E-state index contributed by atoms with van der Waals surface area (Å²) in [6.07, 6.45) is 17.0. The number of hydrogen-bond acceptors (Lipinski definition) is 14. The number of phosphoric acid groups is 1. The summed E-state index contributed by atoms with van der Waals surface area (Å²) in [6, 6.07) is 0. The molecule has 0 bridgehead atoms. The van der Waals surface area contributed by atoms with E-state index in [0.29, 0.717) is 25.7 Å². The summed E-state index contributed by atoms with van der Waals surface area (Å²) in [6.45, 7) is 3.07. The molecule has 8 atom stereocenters. The van der Waals surface area contributed by atoms with E-state index in [0.717, 1.165) is 89.9 Å². The van der Waals surface area contributed by atoms with Crippen LogP contribution in [0.15, 0.2) is 24.3 Å². The molecule has 0 amide bonds. The van der Waals surface area contributed by atoms with E-state index in [2.05, 4.69) is 26.0 Å². The average Bonchev–Trinajstić information content (AvgIpc) is 3.23. The predicted molar refractivity (Wildman–Crippen MR) is 233 cm³/mol. The van der Waals surface area contributed by atoms with Crippen molar-refractivity contribution in [2.75, 3.05) is 13.2 Å². The van der Waals surface area contributed by atoms with E-state index in [-0.39, 0.29) is 12.8 Å². The van der Waals surface area contributed by atoms with Gasteiger partial charge in [0, 0.05) is 12.8 Å². The second kappa shape index (κ2) is 35.6. The smallest absolute Gasteiger partial charge is 0.462 e. The summed E-state index contributed by atoms with van der Waals surface area (Å²) in [7, 11) is -5.15. The fourth-order valence-corrected chi connectivity index (χ4v) is 7.98. The highest BCUT2D eigenvalue weighted by molar-refractivity contribution is 7.47. The number of hydrogen-bond donors (Lipinski definition) is 8. The van der Waals surface area contributed by atoms with E-state index in [4.69, 9.17) is 18.5 Å². The van der Waals surface area contributed by atoms with Gasteiger partial charge in [0.25, 0.3) is 0 Å². The molecule has 1 aliphatic carbocycles. The van der Waals surface area contributed by atoms with Crippen molar-refractivity contribution in [3.63, 3.8) is 0 Å². The van der Waals surface area contributed by atoms with Crippen molar-refractivity contribution in [1.29, 1.82) is 0 Å². The second-order valence-electron chi connectivity index (χ2n) is 16.6. The predicted octanol–water partition coefficient (Wildman–Crippen LogP) is 6.78. The molecule has 358 valence electrons. The van der Waals surface area contributed by atoms with Crippen LogP contribution in [-0.4, -0.2) is 121 Å². The van der Waals surface area contributed by atoms with Crippen LogP contribution in [0, 0.1) is 0 Å². The monoisotopic (exact) mass is 895 g/mol. The minimum Gasteiger partial charge on any atom is -0.462 e. The third kappa shape index (κ3) is 27.9. The average molecular weight is 895 g/mol. The molecule has 0 heterocycles. The van der Waals surface area contributed by atoms with Crippen molar-refractivity contribution >= 4 is 19.8 Å². The molecule has 1 rings (SSSR count). The van der Waals surface area contributed by atoms with Crippen molar-refractivity contribution in [3.8, 4) is 0 Å². The normalized spacial score (nSPS) is 23.2. The summed E-state index contributed by atoms with van der Waals surface area (Å²) in [4.78, 5) is 35.7. The Morgan fingerprint density at radius 1 is 0.557 bits per heavy atom. The van der Waals surface area contributed by atoms with Gasteiger partial charge >= 0.3 is 19.8 Å². The molecular formula is C45H83O15P. The number of phosphoric ester groups is 1. The zero-order valence-corrected chi connectivity index (χ0v) is 38.1. The number of ether oxygens (including phenoxy) is 2. The number of rotatable bonds is 38. The Kier molecular flexibility index (Phi) is 33.4. The van der Waals surface area contributed by atoms with E-state index < -0.39 is 87.9 Å². The van der Waals surface area contributed by atoms with Crippen molar-refractivity contribution in [2.45, 2.75) is 236 Å². The van der Waals surface area contributed by atoms with Gasteiger partial charge in [0.05, 0.1) is 18.8 Å². The Bertz CT molecular complexity index is 1200. The summed E-state index contributed by atoms with van der Waals surface area (Å²) in [5.41, 5.74) is 0. The zero-order chi connectivity index (χ0) is 45.3. The van der Waals surface area contributed by atoms with Gasteiger partial charge in [0.15, 0.2) is 6.10 Å². The maximum Gasteiger partial charge on any atom is 0.472 e. The van der Waals surface area contributed by atoms with Crippen LogP contribution in [0.3, 0.4) is 0 Å². The van der Waals surface area contributed by atoms with Crippen molar-refractivity contribution in [3.05, 3.63) is 24.3 Å². The lowest BCUT2D eigenvalue weighted by Gasteiger charge is -2.41. The lowest BCUT2D eigenvalue weighted by Crippen LogP contribution is -2.64. The summed E-state index contributed by atoms with van der Waals surface area (Å²) in [5.74, 6) is -1.18. The first-order valence-corrected chi connectivity index (χ1v) is 24.8. The summed E-state index contributed by atoms with van der Waals surface area (Å²) in [5, 5.41) is 70.3.